The van der Waals surface area contributed by atoms with Gasteiger partial charge in [-0.2, -0.15) is 0 Å². The number of aromatic nitrogens is 2. The van der Waals surface area contributed by atoms with Crippen LogP contribution in [0.5, 0.6) is 0 Å². The largest absolute Gasteiger partial charge is 0.350 e. The van der Waals surface area contributed by atoms with E-state index >= 15 is 0 Å². The van der Waals surface area contributed by atoms with Gasteiger partial charge in [0.1, 0.15) is 5.01 Å². The highest BCUT2D eigenvalue weighted by molar-refractivity contribution is 7.11. The van der Waals surface area contributed by atoms with Crippen molar-refractivity contribution >= 4 is 22.2 Å². The van der Waals surface area contributed by atoms with Crippen LogP contribution < -0.4 is 5.32 Å². The van der Waals surface area contributed by atoms with E-state index in [1.54, 1.807) is 11.3 Å². The Balaban J connectivity index is 1.77. The summed E-state index contributed by atoms with van der Waals surface area (Å²) in [6.07, 6.45) is 4.15. The number of nitrogens with one attached hydrogen (secondary N) is 1. The average Bonchev–Trinajstić information content (AvgIpc) is 3.01. The molecular formula is C16H19N3S. The molecule has 3 rings (SSSR count). The monoisotopic (exact) mass is 285 g/mol. The molecule has 0 aliphatic carbocycles. The van der Waals surface area contributed by atoms with Crippen LogP contribution in [-0.4, -0.2) is 9.55 Å². The van der Waals surface area contributed by atoms with Gasteiger partial charge < -0.3 is 9.88 Å². The Bertz CT molecular complexity index is 726. The highest BCUT2D eigenvalue weighted by Crippen LogP contribution is 2.22. The molecule has 0 fully saturated rings. The Morgan fingerprint density at radius 3 is 2.90 bits per heavy atom. The van der Waals surface area contributed by atoms with E-state index in [4.69, 9.17) is 0 Å². The van der Waals surface area contributed by atoms with Crippen LogP contribution in [0.2, 0.25) is 0 Å². The smallest absolute Gasteiger partial charge is 0.109 e. The number of hydrogen-bond donors (Lipinski definition) is 1. The van der Waals surface area contributed by atoms with Gasteiger partial charge in [0.05, 0.1) is 6.04 Å². The molecular weight excluding hydrogens is 266 g/mol. The van der Waals surface area contributed by atoms with Gasteiger partial charge in [-0.05, 0) is 25.5 Å². The number of para-hydroxylation sites is 1. The van der Waals surface area contributed by atoms with E-state index in [-0.39, 0.29) is 6.04 Å². The Morgan fingerprint density at radius 1 is 1.35 bits per heavy atom. The van der Waals surface area contributed by atoms with Crippen molar-refractivity contribution in [3.63, 3.8) is 0 Å². The summed E-state index contributed by atoms with van der Waals surface area (Å²) in [5.41, 5.74) is 2.62. The normalized spacial score (nSPS) is 12.9. The van der Waals surface area contributed by atoms with Crippen molar-refractivity contribution in [3.05, 3.63) is 52.1 Å². The SMILES string of the molecule is Cc1cnc(C(C)NCc2cn(C)c3ccccc23)s1. The van der Waals surface area contributed by atoms with E-state index in [0.717, 1.165) is 11.6 Å². The van der Waals surface area contributed by atoms with Gasteiger partial charge in [0.15, 0.2) is 0 Å². The van der Waals surface area contributed by atoms with Gasteiger partial charge >= 0.3 is 0 Å². The molecule has 3 aromatic rings. The van der Waals surface area contributed by atoms with Crippen molar-refractivity contribution in [1.82, 2.24) is 14.9 Å². The van der Waals surface area contributed by atoms with Crippen molar-refractivity contribution in [3.8, 4) is 0 Å². The number of hydrogen-bond acceptors (Lipinski definition) is 3. The molecule has 1 aromatic carbocycles. The van der Waals surface area contributed by atoms with Crippen molar-refractivity contribution < 1.29 is 0 Å². The Morgan fingerprint density at radius 2 is 2.15 bits per heavy atom. The van der Waals surface area contributed by atoms with E-state index < -0.39 is 0 Å². The topological polar surface area (TPSA) is 29.9 Å². The minimum Gasteiger partial charge on any atom is -0.350 e. The highest BCUT2D eigenvalue weighted by atomic mass is 32.1. The predicted octanol–water partition coefficient (Wildman–Crippen LogP) is 3.79. The molecule has 1 unspecified atom stereocenters. The van der Waals surface area contributed by atoms with Crippen molar-refractivity contribution in [2.24, 2.45) is 7.05 Å². The third-order valence-corrected chi connectivity index (χ3v) is 4.68. The maximum absolute atomic E-state index is 4.45. The first kappa shape index (κ1) is 13.3. The molecule has 1 N–H and O–H groups in total. The molecule has 0 amide bonds. The quantitative estimate of drug-likeness (QED) is 0.790. The molecule has 3 nitrogen and oxygen atoms in total. The third-order valence-electron chi connectivity index (χ3n) is 3.59. The summed E-state index contributed by atoms with van der Waals surface area (Å²) in [7, 11) is 2.10. The Labute approximate surface area is 123 Å². The van der Waals surface area contributed by atoms with Crippen LogP contribution in [-0.2, 0) is 13.6 Å². The number of thiazole rings is 1. The predicted molar refractivity (Wildman–Crippen MR) is 85.0 cm³/mol. The van der Waals surface area contributed by atoms with Gasteiger partial charge in [-0.1, -0.05) is 18.2 Å². The van der Waals surface area contributed by atoms with Crippen LogP contribution in [0.3, 0.4) is 0 Å². The summed E-state index contributed by atoms with van der Waals surface area (Å²) >= 11 is 1.76. The molecule has 2 aromatic heterocycles. The van der Waals surface area contributed by atoms with Crippen LogP contribution in [0.4, 0.5) is 0 Å². The van der Waals surface area contributed by atoms with Crippen molar-refractivity contribution in [2.75, 3.05) is 0 Å². The van der Waals surface area contributed by atoms with E-state index in [1.807, 2.05) is 6.20 Å². The molecule has 0 aliphatic heterocycles. The lowest BCUT2D eigenvalue weighted by Gasteiger charge is -2.10. The first-order valence-electron chi connectivity index (χ1n) is 6.84. The van der Waals surface area contributed by atoms with E-state index in [1.165, 1.54) is 21.3 Å². The van der Waals surface area contributed by atoms with E-state index in [2.05, 4.69) is 66.2 Å². The Hall–Kier alpha value is -1.65. The van der Waals surface area contributed by atoms with Gasteiger partial charge in [0.2, 0.25) is 0 Å². The Kier molecular flexibility index (Phi) is 3.59. The maximum atomic E-state index is 4.45. The molecule has 0 bridgehead atoms. The molecule has 2 heterocycles. The summed E-state index contributed by atoms with van der Waals surface area (Å²) in [5, 5.41) is 6.05. The summed E-state index contributed by atoms with van der Waals surface area (Å²) in [4.78, 5) is 5.71. The van der Waals surface area contributed by atoms with Crippen LogP contribution in [0.15, 0.2) is 36.7 Å². The molecule has 0 radical (unpaired) electrons. The zero-order valence-corrected chi connectivity index (χ0v) is 12.9. The van der Waals surface area contributed by atoms with Gasteiger partial charge in [0, 0.05) is 41.8 Å². The number of fused-ring (bicyclic) bond motifs is 1. The summed E-state index contributed by atoms with van der Waals surface area (Å²) in [5.74, 6) is 0. The lowest BCUT2D eigenvalue weighted by atomic mass is 10.1. The van der Waals surface area contributed by atoms with Crippen LogP contribution in [0.1, 0.15) is 28.4 Å². The fourth-order valence-corrected chi connectivity index (χ4v) is 3.29. The fourth-order valence-electron chi connectivity index (χ4n) is 2.49. The standard InChI is InChI=1S/C16H19N3S/c1-11-8-18-16(20-11)12(2)17-9-13-10-19(3)15-7-5-4-6-14(13)15/h4-8,10,12,17H,9H2,1-3H3. The molecule has 0 saturated heterocycles. The first-order valence-corrected chi connectivity index (χ1v) is 7.65. The second-order valence-electron chi connectivity index (χ2n) is 5.19. The molecule has 0 aliphatic rings. The summed E-state index contributed by atoms with van der Waals surface area (Å²) in [6, 6.07) is 8.81. The second kappa shape index (κ2) is 5.38. The highest BCUT2D eigenvalue weighted by Gasteiger charge is 2.11. The lowest BCUT2D eigenvalue weighted by molar-refractivity contribution is 0.573. The fraction of sp³-hybridized carbons (Fsp3) is 0.312. The zero-order valence-electron chi connectivity index (χ0n) is 12.1. The minimum absolute atomic E-state index is 0.285. The molecule has 0 saturated carbocycles. The summed E-state index contributed by atoms with van der Waals surface area (Å²) < 4.78 is 2.19. The zero-order chi connectivity index (χ0) is 14.1. The van der Waals surface area contributed by atoms with Crippen molar-refractivity contribution in [1.29, 1.82) is 0 Å². The van der Waals surface area contributed by atoms with Crippen LogP contribution >= 0.6 is 11.3 Å². The minimum atomic E-state index is 0.285. The molecule has 0 spiro atoms. The third kappa shape index (κ3) is 2.49. The lowest BCUT2D eigenvalue weighted by Crippen LogP contribution is -2.17. The van der Waals surface area contributed by atoms with Crippen molar-refractivity contribution in [2.45, 2.75) is 26.4 Å². The van der Waals surface area contributed by atoms with Crippen LogP contribution in [0, 0.1) is 6.92 Å². The van der Waals surface area contributed by atoms with Gasteiger partial charge in [-0.25, -0.2) is 4.98 Å². The molecule has 1 atom stereocenters. The first-order chi connectivity index (χ1) is 9.65. The second-order valence-corrected chi connectivity index (χ2v) is 6.46. The number of benzene rings is 1. The van der Waals surface area contributed by atoms with Gasteiger partial charge in [0.25, 0.3) is 0 Å². The molecule has 104 valence electrons. The van der Waals surface area contributed by atoms with Crippen LogP contribution in [0.25, 0.3) is 10.9 Å². The van der Waals surface area contributed by atoms with E-state index in [0.29, 0.717) is 0 Å². The number of rotatable bonds is 4. The molecule has 20 heavy (non-hydrogen) atoms. The summed E-state index contributed by atoms with van der Waals surface area (Å²) in [6.45, 7) is 5.13. The van der Waals surface area contributed by atoms with Gasteiger partial charge in [-0.3, -0.25) is 0 Å². The number of aryl methyl sites for hydroxylation is 2. The van der Waals surface area contributed by atoms with E-state index in [9.17, 15) is 0 Å². The maximum Gasteiger partial charge on any atom is 0.109 e. The van der Waals surface area contributed by atoms with Gasteiger partial charge in [-0.15, -0.1) is 11.3 Å². The average molecular weight is 285 g/mol. The molecule has 4 heteroatoms. The number of nitrogens with zero attached hydrogens (tertiary/aromatic N) is 2.